The van der Waals surface area contributed by atoms with Crippen molar-refractivity contribution in [2.45, 2.75) is 18.6 Å². The monoisotopic (exact) mass is 458 g/mol. The lowest BCUT2D eigenvalue weighted by molar-refractivity contribution is -0.118. The largest absolute Gasteiger partial charge is 0.454 e. The number of halogens is 1. The van der Waals surface area contributed by atoms with E-state index in [1.807, 2.05) is 37.3 Å². The van der Waals surface area contributed by atoms with Gasteiger partial charge in [-0.25, -0.2) is 10.5 Å². The molecular weight excluding hydrogens is 440 g/mol. The highest BCUT2D eigenvalue weighted by Gasteiger charge is 2.14. The Morgan fingerprint density at radius 3 is 2.87 bits per heavy atom. The Morgan fingerprint density at radius 1 is 1.23 bits per heavy atom. The highest BCUT2D eigenvalue weighted by Crippen LogP contribution is 2.32. The molecule has 0 spiro atoms. The molecule has 3 aromatic rings. The van der Waals surface area contributed by atoms with Crippen LogP contribution in [0.4, 0.5) is 5.95 Å². The van der Waals surface area contributed by atoms with Gasteiger partial charge in [-0.2, -0.15) is 10.1 Å². The van der Waals surface area contributed by atoms with Crippen LogP contribution in [0.2, 0.25) is 5.02 Å². The summed E-state index contributed by atoms with van der Waals surface area (Å²) in [4.78, 5) is 16.3. The van der Waals surface area contributed by atoms with Gasteiger partial charge in [0.15, 0.2) is 11.5 Å². The Kier molecular flexibility index (Phi) is 6.58. The zero-order chi connectivity index (χ0) is 21.6. The van der Waals surface area contributed by atoms with Crippen molar-refractivity contribution >= 4 is 40.9 Å². The molecule has 0 saturated carbocycles. The van der Waals surface area contributed by atoms with Gasteiger partial charge in [0.2, 0.25) is 23.8 Å². The molecule has 0 saturated heterocycles. The van der Waals surface area contributed by atoms with E-state index in [0.717, 1.165) is 22.6 Å². The van der Waals surface area contributed by atoms with E-state index in [9.17, 15) is 4.79 Å². The predicted octanol–water partition coefficient (Wildman–Crippen LogP) is 3.43. The average Bonchev–Trinajstić information content (AvgIpc) is 3.44. The maximum absolute atomic E-state index is 12.0. The van der Waals surface area contributed by atoms with E-state index in [1.54, 1.807) is 12.1 Å². The van der Waals surface area contributed by atoms with Crippen LogP contribution in [0.15, 0.2) is 52.7 Å². The minimum absolute atomic E-state index is 0.115. The van der Waals surface area contributed by atoms with Crippen LogP contribution in [0, 0.1) is 0 Å². The predicted molar refractivity (Wildman–Crippen MR) is 119 cm³/mol. The van der Waals surface area contributed by atoms with Gasteiger partial charge in [-0.05, 0) is 42.8 Å². The number of nitrogens with zero attached hydrogens (tertiary/aromatic N) is 3. The van der Waals surface area contributed by atoms with Gasteiger partial charge in [0.25, 0.3) is 0 Å². The first-order chi connectivity index (χ1) is 15.1. The number of amides is 1. The van der Waals surface area contributed by atoms with Gasteiger partial charge < -0.3 is 14.8 Å². The van der Waals surface area contributed by atoms with Crippen molar-refractivity contribution in [2.24, 2.45) is 5.10 Å². The summed E-state index contributed by atoms with van der Waals surface area (Å²) in [6.45, 7) is 2.53. The molecule has 2 heterocycles. The standard InChI is InChI=1S/C20H19ClN6O3S/c1-12(14-4-7-16-17(8-14)30-11-29-16)24-25-19-23-20(27-26-19)31-10-18(28)22-9-13-2-5-15(21)6-3-13/h2-8H,9-11H2,1H3,(H,22,28)(H2,23,25,26,27)/b24-12+. The van der Waals surface area contributed by atoms with E-state index < -0.39 is 0 Å². The number of carbonyl (C=O) groups is 1. The Labute approximate surface area is 187 Å². The summed E-state index contributed by atoms with van der Waals surface area (Å²) in [5.74, 6) is 1.88. The fraction of sp³-hybridized carbons (Fsp3) is 0.200. The molecule has 0 radical (unpaired) electrons. The van der Waals surface area contributed by atoms with Gasteiger partial charge in [0, 0.05) is 17.1 Å². The quantitative estimate of drug-likeness (QED) is 0.269. The lowest BCUT2D eigenvalue weighted by Crippen LogP contribution is -2.24. The number of thioether (sulfide) groups is 1. The summed E-state index contributed by atoms with van der Waals surface area (Å²) < 4.78 is 10.7. The number of hydrogen-bond donors (Lipinski definition) is 3. The molecule has 0 aliphatic carbocycles. The van der Waals surface area contributed by atoms with E-state index in [1.165, 1.54) is 11.8 Å². The topological polar surface area (TPSA) is 114 Å². The molecule has 9 nitrogen and oxygen atoms in total. The molecule has 1 amide bonds. The molecular formula is C20H19ClN6O3S. The number of nitrogens with one attached hydrogen (secondary N) is 3. The van der Waals surface area contributed by atoms with Gasteiger partial charge in [-0.1, -0.05) is 35.5 Å². The van der Waals surface area contributed by atoms with Crippen molar-refractivity contribution in [3.8, 4) is 11.5 Å². The number of carbonyl (C=O) groups excluding carboxylic acids is 1. The summed E-state index contributed by atoms with van der Waals surface area (Å²) in [7, 11) is 0. The van der Waals surface area contributed by atoms with Crippen molar-refractivity contribution in [1.82, 2.24) is 20.5 Å². The highest BCUT2D eigenvalue weighted by atomic mass is 35.5. The summed E-state index contributed by atoms with van der Waals surface area (Å²) in [6, 6.07) is 12.9. The normalized spacial score (nSPS) is 12.6. The number of fused-ring (bicyclic) bond motifs is 1. The Hall–Kier alpha value is -3.24. The van der Waals surface area contributed by atoms with Crippen LogP contribution < -0.4 is 20.2 Å². The van der Waals surface area contributed by atoms with Crippen LogP contribution in [-0.4, -0.2) is 39.3 Å². The van der Waals surface area contributed by atoms with Crippen molar-refractivity contribution in [1.29, 1.82) is 0 Å². The molecule has 1 aliphatic heterocycles. The molecule has 1 aliphatic rings. The van der Waals surface area contributed by atoms with Gasteiger partial charge in [-0.3, -0.25) is 4.79 Å². The average molecular weight is 459 g/mol. The third-order valence-electron chi connectivity index (χ3n) is 4.32. The number of ether oxygens (including phenoxy) is 2. The number of hydrazone groups is 1. The van der Waals surface area contributed by atoms with E-state index in [2.05, 4.69) is 31.0 Å². The molecule has 0 atom stereocenters. The first-order valence-electron chi connectivity index (χ1n) is 9.33. The third-order valence-corrected chi connectivity index (χ3v) is 5.42. The Bertz CT molecular complexity index is 1100. The number of hydrogen-bond acceptors (Lipinski definition) is 8. The zero-order valence-electron chi connectivity index (χ0n) is 16.5. The molecule has 0 unspecified atom stereocenters. The fourth-order valence-electron chi connectivity index (χ4n) is 2.67. The zero-order valence-corrected chi connectivity index (χ0v) is 18.1. The SMILES string of the molecule is C/C(=N\Nc1nc(SCC(=O)NCc2ccc(Cl)cc2)n[nH]1)c1ccc2c(c1)OCO2. The van der Waals surface area contributed by atoms with E-state index in [-0.39, 0.29) is 18.5 Å². The Morgan fingerprint density at radius 2 is 2.03 bits per heavy atom. The summed E-state index contributed by atoms with van der Waals surface area (Å²) in [5.41, 5.74) is 5.44. The summed E-state index contributed by atoms with van der Waals surface area (Å²) >= 11 is 7.08. The van der Waals surface area contributed by atoms with Crippen LogP contribution >= 0.6 is 23.4 Å². The summed E-state index contributed by atoms with van der Waals surface area (Å²) in [6.07, 6.45) is 0. The van der Waals surface area contributed by atoms with Gasteiger partial charge in [-0.15, -0.1) is 5.10 Å². The Balaban J connectivity index is 1.24. The first kappa shape index (κ1) is 21.0. The van der Waals surface area contributed by atoms with Crippen LogP contribution in [0.1, 0.15) is 18.1 Å². The molecule has 2 aromatic carbocycles. The second-order valence-corrected chi connectivity index (χ2v) is 7.91. The molecule has 11 heteroatoms. The van der Waals surface area contributed by atoms with Crippen molar-refractivity contribution in [2.75, 3.05) is 18.0 Å². The van der Waals surface area contributed by atoms with Crippen molar-refractivity contribution < 1.29 is 14.3 Å². The minimum Gasteiger partial charge on any atom is -0.454 e. The number of rotatable bonds is 8. The second kappa shape index (κ2) is 9.71. The molecule has 3 N–H and O–H groups in total. The van der Waals surface area contributed by atoms with Crippen LogP contribution in [-0.2, 0) is 11.3 Å². The molecule has 0 fully saturated rings. The van der Waals surface area contributed by atoms with Crippen molar-refractivity contribution in [3.05, 3.63) is 58.6 Å². The lowest BCUT2D eigenvalue weighted by Gasteiger charge is -2.04. The summed E-state index contributed by atoms with van der Waals surface area (Å²) in [5, 5.41) is 15.1. The van der Waals surface area contributed by atoms with Crippen LogP contribution in [0.3, 0.4) is 0 Å². The van der Waals surface area contributed by atoms with Gasteiger partial charge in [0.05, 0.1) is 11.5 Å². The number of H-pyrrole nitrogens is 1. The molecule has 0 bridgehead atoms. The first-order valence-corrected chi connectivity index (χ1v) is 10.7. The van der Waals surface area contributed by atoms with E-state index >= 15 is 0 Å². The number of anilines is 1. The smallest absolute Gasteiger partial charge is 0.240 e. The van der Waals surface area contributed by atoms with Gasteiger partial charge in [0.1, 0.15) is 0 Å². The van der Waals surface area contributed by atoms with Crippen LogP contribution in [0.25, 0.3) is 0 Å². The van der Waals surface area contributed by atoms with Crippen LogP contribution in [0.5, 0.6) is 11.5 Å². The maximum Gasteiger partial charge on any atom is 0.240 e. The maximum atomic E-state index is 12.0. The number of benzene rings is 2. The number of aromatic nitrogens is 3. The lowest BCUT2D eigenvalue weighted by atomic mass is 10.1. The third kappa shape index (κ3) is 5.68. The minimum atomic E-state index is -0.115. The molecule has 1 aromatic heterocycles. The number of aromatic amines is 1. The second-order valence-electron chi connectivity index (χ2n) is 6.54. The van der Waals surface area contributed by atoms with Gasteiger partial charge >= 0.3 is 0 Å². The van der Waals surface area contributed by atoms with E-state index in [0.29, 0.717) is 28.4 Å². The molecule has 160 valence electrons. The fourth-order valence-corrected chi connectivity index (χ4v) is 3.42. The molecule has 31 heavy (non-hydrogen) atoms. The van der Waals surface area contributed by atoms with E-state index in [4.69, 9.17) is 21.1 Å². The molecule has 4 rings (SSSR count). The van der Waals surface area contributed by atoms with Crippen molar-refractivity contribution in [3.63, 3.8) is 0 Å². The highest BCUT2D eigenvalue weighted by molar-refractivity contribution is 7.99.